The zero-order chi connectivity index (χ0) is 21.4. The molecular weight excluding hydrogens is 386 g/mol. The lowest BCUT2D eigenvalue weighted by Gasteiger charge is -2.28. The van der Waals surface area contributed by atoms with Crippen LogP contribution in [0.15, 0.2) is 53.7 Å². The number of rotatable bonds is 4. The van der Waals surface area contributed by atoms with E-state index in [1.807, 2.05) is 32.0 Å². The Kier molecular flexibility index (Phi) is 4.74. The van der Waals surface area contributed by atoms with Crippen LogP contribution in [0.5, 0.6) is 0 Å². The minimum atomic E-state index is -0.636. The number of fused-ring (bicyclic) bond motifs is 1. The van der Waals surface area contributed by atoms with E-state index < -0.39 is 11.0 Å². The maximum Gasteiger partial charge on any atom is 0.269 e. The molecule has 1 unspecified atom stereocenters. The van der Waals surface area contributed by atoms with Gasteiger partial charge in [-0.25, -0.2) is 0 Å². The van der Waals surface area contributed by atoms with Crippen molar-refractivity contribution < 1.29 is 9.72 Å². The first-order valence-corrected chi connectivity index (χ1v) is 9.24. The molecule has 1 amide bonds. The van der Waals surface area contributed by atoms with E-state index >= 15 is 0 Å². The summed E-state index contributed by atoms with van der Waals surface area (Å²) in [5.74, 6) is 0.0791. The van der Waals surface area contributed by atoms with Crippen LogP contribution >= 0.6 is 0 Å². The molecule has 0 aliphatic carbocycles. The van der Waals surface area contributed by atoms with Crippen LogP contribution in [-0.2, 0) is 4.79 Å². The topological polar surface area (TPSA) is 128 Å². The number of allylic oxidation sites excluding steroid dienone is 1. The largest absolute Gasteiger partial charge is 0.326 e. The smallest absolute Gasteiger partial charge is 0.269 e. The van der Waals surface area contributed by atoms with Gasteiger partial charge in [0.15, 0.2) is 0 Å². The molecular formula is C20H19N7O3. The first-order valence-electron chi connectivity index (χ1n) is 9.24. The molecule has 1 aliphatic rings. The maximum absolute atomic E-state index is 13.3. The van der Waals surface area contributed by atoms with Gasteiger partial charge >= 0.3 is 0 Å². The number of carbonyl (C=O) groups is 1. The number of nitrogens with zero attached hydrogens (tertiary/aromatic N) is 5. The predicted molar refractivity (Wildman–Crippen MR) is 110 cm³/mol. The second-order valence-corrected chi connectivity index (χ2v) is 7.13. The van der Waals surface area contributed by atoms with Crippen molar-refractivity contribution in [2.75, 3.05) is 10.6 Å². The number of nitrogens with one attached hydrogen (secondary N) is 2. The predicted octanol–water partition coefficient (Wildman–Crippen LogP) is 3.13. The summed E-state index contributed by atoms with van der Waals surface area (Å²) in [6.07, 6.45) is 0. The summed E-state index contributed by atoms with van der Waals surface area (Å²) in [7, 11) is 0. The van der Waals surface area contributed by atoms with E-state index in [0.29, 0.717) is 28.5 Å². The number of aryl methyl sites for hydroxylation is 2. The average Bonchev–Trinajstić information content (AvgIpc) is 3.17. The van der Waals surface area contributed by atoms with E-state index in [1.54, 1.807) is 19.1 Å². The summed E-state index contributed by atoms with van der Waals surface area (Å²) in [4.78, 5) is 23.9. The first-order chi connectivity index (χ1) is 14.3. The van der Waals surface area contributed by atoms with E-state index in [1.165, 1.54) is 16.8 Å². The van der Waals surface area contributed by atoms with E-state index in [4.69, 9.17) is 0 Å². The van der Waals surface area contributed by atoms with Gasteiger partial charge in [-0.05, 0) is 60.5 Å². The molecule has 1 aromatic heterocycles. The van der Waals surface area contributed by atoms with Crippen LogP contribution in [-0.4, -0.2) is 31.0 Å². The molecule has 0 bridgehead atoms. The van der Waals surface area contributed by atoms with Crippen LogP contribution in [0.1, 0.15) is 29.7 Å². The minimum absolute atomic E-state index is 0.0355. The first kappa shape index (κ1) is 19.2. The van der Waals surface area contributed by atoms with Crippen molar-refractivity contribution in [1.82, 2.24) is 20.2 Å². The van der Waals surface area contributed by atoms with Crippen molar-refractivity contribution in [2.24, 2.45) is 0 Å². The zero-order valence-electron chi connectivity index (χ0n) is 16.6. The van der Waals surface area contributed by atoms with Crippen LogP contribution in [0.25, 0.3) is 0 Å². The van der Waals surface area contributed by atoms with Crippen LogP contribution in [0, 0.1) is 24.0 Å². The van der Waals surface area contributed by atoms with Gasteiger partial charge in [-0.3, -0.25) is 14.9 Å². The van der Waals surface area contributed by atoms with Gasteiger partial charge in [-0.2, -0.15) is 4.68 Å². The van der Waals surface area contributed by atoms with Gasteiger partial charge in [0.05, 0.1) is 10.5 Å². The van der Waals surface area contributed by atoms with Gasteiger partial charge in [-0.1, -0.05) is 22.8 Å². The van der Waals surface area contributed by atoms with Gasteiger partial charge < -0.3 is 10.6 Å². The van der Waals surface area contributed by atoms with Crippen LogP contribution < -0.4 is 10.6 Å². The summed E-state index contributed by atoms with van der Waals surface area (Å²) in [6, 6.07) is 11.2. The van der Waals surface area contributed by atoms with Crippen molar-refractivity contribution in [3.05, 3.63) is 80.5 Å². The van der Waals surface area contributed by atoms with Gasteiger partial charge in [0.25, 0.3) is 11.6 Å². The highest BCUT2D eigenvalue weighted by Crippen LogP contribution is 2.35. The van der Waals surface area contributed by atoms with E-state index in [-0.39, 0.29) is 11.6 Å². The number of anilines is 2. The summed E-state index contributed by atoms with van der Waals surface area (Å²) in [5, 5.41) is 28.7. The van der Waals surface area contributed by atoms with Crippen molar-refractivity contribution in [3.63, 3.8) is 0 Å². The molecule has 0 spiro atoms. The number of benzene rings is 2. The molecule has 0 saturated carbocycles. The molecule has 3 aromatic rings. The van der Waals surface area contributed by atoms with Crippen molar-refractivity contribution in [3.8, 4) is 0 Å². The molecule has 0 fully saturated rings. The maximum atomic E-state index is 13.3. The molecule has 2 N–H and O–H groups in total. The highest BCUT2D eigenvalue weighted by atomic mass is 16.6. The number of tetrazole rings is 1. The second kappa shape index (κ2) is 7.39. The molecule has 2 aromatic carbocycles. The van der Waals surface area contributed by atoms with Crippen LogP contribution in [0.3, 0.4) is 0 Å². The highest BCUT2D eigenvalue weighted by Gasteiger charge is 2.34. The lowest BCUT2D eigenvalue weighted by atomic mass is 9.94. The summed E-state index contributed by atoms with van der Waals surface area (Å²) in [5.41, 5.74) is 4.39. The Morgan fingerprint density at radius 2 is 1.90 bits per heavy atom. The normalized spacial score (nSPS) is 15.4. The van der Waals surface area contributed by atoms with E-state index in [2.05, 4.69) is 26.2 Å². The molecule has 10 heteroatoms. The molecule has 10 nitrogen and oxygen atoms in total. The zero-order valence-corrected chi connectivity index (χ0v) is 16.6. The third-order valence-corrected chi connectivity index (χ3v) is 5.01. The number of hydrogen-bond donors (Lipinski definition) is 2. The third-order valence-electron chi connectivity index (χ3n) is 5.01. The van der Waals surface area contributed by atoms with Crippen LogP contribution in [0.4, 0.5) is 17.3 Å². The summed E-state index contributed by atoms with van der Waals surface area (Å²) >= 11 is 0. The molecule has 1 atom stereocenters. The molecule has 2 heterocycles. The number of amides is 1. The Labute approximate surface area is 171 Å². The summed E-state index contributed by atoms with van der Waals surface area (Å²) < 4.78 is 1.49. The van der Waals surface area contributed by atoms with Gasteiger partial charge in [0.1, 0.15) is 6.04 Å². The SMILES string of the molecule is CC1=C(C(=O)Nc2ccc(C)cc2C)C(c2ccc([N+](=O)[O-])cc2)n2nnnc2N1. The standard InChI is InChI=1S/C20H19N7O3/c1-11-4-9-16(12(2)10-11)22-19(28)17-13(3)21-20-23-24-25-26(20)18(17)14-5-7-15(8-6-14)27(29)30/h4-10,18H,1-3H3,(H,22,28)(H,21,23,25). The molecule has 0 saturated heterocycles. The number of carbonyl (C=O) groups excluding carboxylic acids is 1. The Hall–Kier alpha value is -4.08. The molecule has 4 rings (SSSR count). The number of aromatic nitrogens is 4. The lowest BCUT2D eigenvalue weighted by molar-refractivity contribution is -0.384. The number of nitro groups is 1. The summed E-state index contributed by atoms with van der Waals surface area (Å²) in [6.45, 7) is 5.68. The Balaban J connectivity index is 1.75. The lowest BCUT2D eigenvalue weighted by Crippen LogP contribution is -2.31. The molecule has 1 aliphatic heterocycles. The van der Waals surface area contributed by atoms with Gasteiger partial charge in [0, 0.05) is 23.5 Å². The molecule has 152 valence electrons. The van der Waals surface area contributed by atoms with Crippen LogP contribution in [0.2, 0.25) is 0 Å². The highest BCUT2D eigenvalue weighted by molar-refractivity contribution is 6.06. The fraction of sp³-hybridized carbons (Fsp3) is 0.200. The fourth-order valence-corrected chi connectivity index (χ4v) is 3.54. The number of hydrogen-bond acceptors (Lipinski definition) is 7. The Bertz CT molecular complexity index is 1180. The van der Waals surface area contributed by atoms with Crippen molar-refractivity contribution >= 4 is 23.2 Å². The molecule has 0 radical (unpaired) electrons. The third kappa shape index (κ3) is 3.39. The molecule has 30 heavy (non-hydrogen) atoms. The quantitative estimate of drug-likeness (QED) is 0.504. The average molecular weight is 405 g/mol. The monoisotopic (exact) mass is 405 g/mol. The van der Waals surface area contributed by atoms with Gasteiger partial charge in [0.2, 0.25) is 5.95 Å². The van der Waals surface area contributed by atoms with Crippen molar-refractivity contribution in [1.29, 1.82) is 0 Å². The Morgan fingerprint density at radius 1 is 1.17 bits per heavy atom. The number of non-ortho nitro benzene ring substituents is 1. The Morgan fingerprint density at radius 3 is 2.57 bits per heavy atom. The number of nitro benzene ring substituents is 1. The van der Waals surface area contributed by atoms with E-state index in [9.17, 15) is 14.9 Å². The second-order valence-electron chi connectivity index (χ2n) is 7.13. The van der Waals surface area contributed by atoms with Crippen molar-refractivity contribution in [2.45, 2.75) is 26.8 Å². The van der Waals surface area contributed by atoms with E-state index in [0.717, 1.165) is 11.1 Å². The minimum Gasteiger partial charge on any atom is -0.326 e. The van der Waals surface area contributed by atoms with Gasteiger partial charge in [-0.15, -0.1) is 0 Å². The fourth-order valence-electron chi connectivity index (χ4n) is 3.54.